The SMILES string of the molecule is C1=CC(C2CCCC(C3CCCCC3)C2)CC(N2C3CCCCC3C3C4C5=C(CCCC5)N(C5CCCCC5)C4CCC32)C1. The second kappa shape index (κ2) is 12.7. The molecule has 2 heteroatoms. The highest BCUT2D eigenvalue weighted by Gasteiger charge is 2.60. The van der Waals surface area contributed by atoms with Crippen LogP contribution in [-0.4, -0.2) is 40.0 Å². The van der Waals surface area contributed by atoms with Gasteiger partial charge in [-0.15, -0.1) is 0 Å². The smallest absolute Gasteiger partial charge is 0.0360 e. The lowest BCUT2D eigenvalue weighted by Gasteiger charge is -2.48. The van der Waals surface area contributed by atoms with Gasteiger partial charge < -0.3 is 4.90 Å². The van der Waals surface area contributed by atoms with Crippen molar-refractivity contribution in [1.82, 2.24) is 9.80 Å². The van der Waals surface area contributed by atoms with Crippen molar-refractivity contribution in [2.45, 2.75) is 197 Å². The van der Waals surface area contributed by atoms with Crippen LogP contribution in [0.25, 0.3) is 0 Å². The van der Waals surface area contributed by atoms with E-state index in [0.717, 1.165) is 71.6 Å². The van der Waals surface area contributed by atoms with Crippen molar-refractivity contribution < 1.29 is 0 Å². The minimum atomic E-state index is 0.841. The zero-order valence-corrected chi connectivity index (χ0v) is 28.4. The van der Waals surface area contributed by atoms with E-state index in [2.05, 4.69) is 22.0 Å². The number of nitrogens with zero attached hydrogens (tertiary/aromatic N) is 2. The van der Waals surface area contributed by atoms with Gasteiger partial charge in [-0.3, -0.25) is 4.90 Å². The molecule has 44 heavy (non-hydrogen) atoms. The molecule has 0 aromatic carbocycles. The van der Waals surface area contributed by atoms with Crippen molar-refractivity contribution in [3.63, 3.8) is 0 Å². The first-order valence-electron chi connectivity index (χ1n) is 20.8. The third-order valence-corrected chi connectivity index (χ3v) is 16.0. The number of likely N-dealkylation sites (tertiary alicyclic amines) is 1. The van der Waals surface area contributed by atoms with Crippen LogP contribution in [0.2, 0.25) is 0 Å². The van der Waals surface area contributed by atoms with Crippen LogP contribution in [-0.2, 0) is 0 Å². The Morgan fingerprint density at radius 2 is 1.25 bits per heavy atom. The molecule has 10 atom stereocenters. The summed E-state index contributed by atoms with van der Waals surface area (Å²) in [5.74, 6) is 6.89. The lowest BCUT2D eigenvalue weighted by atomic mass is 9.64. The van der Waals surface area contributed by atoms with Gasteiger partial charge in [0.15, 0.2) is 0 Å². The van der Waals surface area contributed by atoms with Crippen molar-refractivity contribution in [2.75, 3.05) is 0 Å². The van der Waals surface area contributed by atoms with Gasteiger partial charge in [-0.05, 0) is 131 Å². The van der Waals surface area contributed by atoms with E-state index in [1.54, 1.807) is 32.1 Å². The Hall–Kier alpha value is -0.760. The van der Waals surface area contributed by atoms with Gasteiger partial charge in [0.1, 0.15) is 0 Å². The van der Waals surface area contributed by atoms with Gasteiger partial charge in [-0.2, -0.15) is 0 Å². The quantitative estimate of drug-likeness (QED) is 0.297. The Morgan fingerprint density at radius 1 is 0.523 bits per heavy atom. The first-order valence-corrected chi connectivity index (χ1v) is 20.8. The van der Waals surface area contributed by atoms with Crippen molar-refractivity contribution in [2.24, 2.45) is 41.4 Å². The van der Waals surface area contributed by atoms with Crippen LogP contribution >= 0.6 is 0 Å². The van der Waals surface area contributed by atoms with E-state index in [1.165, 1.54) is 135 Å². The van der Waals surface area contributed by atoms with E-state index in [1.807, 2.05) is 11.3 Å². The number of hydrogen-bond acceptors (Lipinski definition) is 2. The van der Waals surface area contributed by atoms with E-state index < -0.39 is 0 Å². The largest absolute Gasteiger partial charge is 0.368 e. The van der Waals surface area contributed by atoms with Gasteiger partial charge in [-0.25, -0.2) is 0 Å². The highest BCUT2D eigenvalue weighted by Crippen LogP contribution is 2.60. The lowest BCUT2D eigenvalue weighted by molar-refractivity contribution is 0.0297. The van der Waals surface area contributed by atoms with Gasteiger partial charge in [-0.1, -0.05) is 89.2 Å². The van der Waals surface area contributed by atoms with Crippen molar-refractivity contribution in [3.8, 4) is 0 Å². The highest BCUT2D eigenvalue weighted by molar-refractivity contribution is 5.33. The predicted octanol–water partition coefficient (Wildman–Crippen LogP) is 10.8. The number of hydrogen-bond donors (Lipinski definition) is 0. The van der Waals surface area contributed by atoms with E-state index in [-0.39, 0.29) is 0 Å². The molecule has 9 rings (SSSR count). The van der Waals surface area contributed by atoms with Crippen molar-refractivity contribution >= 4 is 0 Å². The molecule has 5 saturated carbocycles. The van der Waals surface area contributed by atoms with Gasteiger partial charge in [0.25, 0.3) is 0 Å². The Balaban J connectivity index is 0.967. The third-order valence-electron chi connectivity index (χ3n) is 16.0. The van der Waals surface area contributed by atoms with Crippen LogP contribution in [0.4, 0.5) is 0 Å². The molecule has 9 aliphatic rings. The Bertz CT molecular complexity index is 1060. The maximum Gasteiger partial charge on any atom is 0.0360 e. The molecule has 1 saturated heterocycles. The molecule has 0 amide bonds. The summed E-state index contributed by atoms with van der Waals surface area (Å²) in [4.78, 5) is 6.51. The van der Waals surface area contributed by atoms with Crippen molar-refractivity contribution in [3.05, 3.63) is 23.4 Å². The van der Waals surface area contributed by atoms with E-state index in [4.69, 9.17) is 0 Å². The summed E-state index contributed by atoms with van der Waals surface area (Å²) < 4.78 is 0. The fourth-order valence-electron chi connectivity index (χ4n) is 14.4. The zero-order chi connectivity index (χ0) is 29.0. The summed E-state index contributed by atoms with van der Waals surface area (Å²) in [6.45, 7) is 0. The van der Waals surface area contributed by atoms with Crippen LogP contribution in [0.5, 0.6) is 0 Å². The second-order valence-electron chi connectivity index (χ2n) is 18.0. The van der Waals surface area contributed by atoms with E-state index >= 15 is 0 Å². The first kappa shape index (κ1) is 29.4. The first-order chi connectivity index (χ1) is 21.8. The molecule has 10 unspecified atom stereocenters. The summed E-state index contributed by atoms with van der Waals surface area (Å²) in [5, 5.41) is 0. The number of allylic oxidation sites excluding steroid dienone is 2. The predicted molar refractivity (Wildman–Crippen MR) is 183 cm³/mol. The van der Waals surface area contributed by atoms with Crippen molar-refractivity contribution in [1.29, 1.82) is 0 Å². The molecule has 2 heterocycles. The minimum absolute atomic E-state index is 0.841. The maximum absolute atomic E-state index is 3.33. The third kappa shape index (κ3) is 5.12. The highest BCUT2D eigenvalue weighted by atomic mass is 15.3. The monoisotopic (exact) mass is 599 g/mol. The Labute approximate surface area is 271 Å². The van der Waals surface area contributed by atoms with E-state index in [0.29, 0.717) is 0 Å². The molecule has 2 aliphatic heterocycles. The topological polar surface area (TPSA) is 6.48 Å². The standard InChI is InChI=1S/C42H66N2/c1-3-13-29(14-4-1)30-15-11-16-31(27-30)32-17-12-20-34(28-32)44-38-24-10-8-22-36(38)42-40(44)26-25-39-41(42)35-21-7-9-23-37(35)43(39)33-18-5-2-6-19-33/h12,17,29-34,36,38-42H,1-11,13-16,18-28H2. The van der Waals surface area contributed by atoms with Gasteiger partial charge in [0.2, 0.25) is 0 Å². The summed E-state index contributed by atoms with van der Waals surface area (Å²) in [7, 11) is 0. The molecule has 7 aliphatic carbocycles. The van der Waals surface area contributed by atoms with Crippen LogP contribution < -0.4 is 0 Å². The second-order valence-corrected chi connectivity index (χ2v) is 18.0. The molecule has 0 aromatic heterocycles. The average Bonchev–Trinajstić information content (AvgIpc) is 3.62. The lowest BCUT2D eigenvalue weighted by Crippen LogP contribution is -2.53. The fourth-order valence-corrected chi connectivity index (χ4v) is 14.4. The fraction of sp³-hybridized carbons (Fsp3) is 0.905. The van der Waals surface area contributed by atoms with Crippen LogP contribution in [0.3, 0.4) is 0 Å². The summed E-state index contributed by atoms with van der Waals surface area (Å²) in [5.41, 5.74) is 3.96. The van der Waals surface area contributed by atoms with Crippen LogP contribution in [0, 0.1) is 41.4 Å². The molecular weight excluding hydrogens is 532 g/mol. The van der Waals surface area contributed by atoms with Gasteiger partial charge >= 0.3 is 0 Å². The van der Waals surface area contributed by atoms with E-state index in [9.17, 15) is 0 Å². The molecule has 0 N–H and O–H groups in total. The van der Waals surface area contributed by atoms with Gasteiger partial charge in [0.05, 0.1) is 0 Å². The van der Waals surface area contributed by atoms with Crippen LogP contribution in [0.1, 0.15) is 167 Å². The van der Waals surface area contributed by atoms with Crippen LogP contribution in [0.15, 0.2) is 23.4 Å². The number of fused-ring (bicyclic) bond motifs is 6. The molecule has 2 nitrogen and oxygen atoms in total. The molecule has 0 radical (unpaired) electrons. The summed E-state index contributed by atoms with van der Waals surface area (Å²) in [6.07, 6.45) is 44.6. The summed E-state index contributed by atoms with van der Waals surface area (Å²) in [6, 6.07) is 4.41. The zero-order valence-electron chi connectivity index (χ0n) is 28.4. The maximum atomic E-state index is 3.33. The number of rotatable bonds is 4. The molecule has 0 bridgehead atoms. The Morgan fingerprint density at radius 3 is 2.14 bits per heavy atom. The van der Waals surface area contributed by atoms with Gasteiger partial charge in [0, 0.05) is 41.8 Å². The molecular formula is C42H66N2. The normalized spacial score (nSPS) is 45.6. The molecule has 0 spiro atoms. The Kier molecular flexibility index (Phi) is 8.47. The minimum Gasteiger partial charge on any atom is -0.368 e. The molecule has 0 aromatic rings. The molecule has 244 valence electrons. The molecule has 6 fully saturated rings. The summed E-state index contributed by atoms with van der Waals surface area (Å²) >= 11 is 0. The average molecular weight is 599 g/mol.